The SMILES string of the molecule is CCCCCCCC/C=C\CCCCCCCC(=O)OC(CO)COCCCCCCCCCCCC/C=C\CCCCCCCCCC. The summed E-state index contributed by atoms with van der Waals surface area (Å²) in [4.78, 5) is 12.2. The molecule has 0 fully saturated rings. The lowest BCUT2D eigenvalue weighted by Crippen LogP contribution is -2.27. The van der Waals surface area contributed by atoms with Crippen LogP contribution in [0.25, 0.3) is 0 Å². The molecule has 0 saturated carbocycles. The van der Waals surface area contributed by atoms with Gasteiger partial charge in [-0.25, -0.2) is 0 Å². The van der Waals surface area contributed by atoms with Crippen LogP contribution >= 0.6 is 0 Å². The summed E-state index contributed by atoms with van der Waals surface area (Å²) in [7, 11) is 0. The number of rotatable bonds is 41. The van der Waals surface area contributed by atoms with Crippen LogP contribution in [0.1, 0.15) is 232 Å². The smallest absolute Gasteiger partial charge is 0.306 e. The molecule has 0 bridgehead atoms. The zero-order chi connectivity index (χ0) is 35.6. The first-order valence-electron chi connectivity index (χ1n) is 21.9. The molecule has 0 aliphatic rings. The van der Waals surface area contributed by atoms with Crippen LogP contribution in [0.5, 0.6) is 0 Å². The molecular weight excluding hydrogens is 604 g/mol. The summed E-state index contributed by atoms with van der Waals surface area (Å²) in [5, 5.41) is 9.60. The number of unbranched alkanes of at least 4 members (excludes halogenated alkanes) is 29. The molecule has 0 aliphatic heterocycles. The molecule has 0 aromatic carbocycles. The molecule has 0 rings (SSSR count). The summed E-state index contributed by atoms with van der Waals surface area (Å²) in [5.74, 6) is -0.207. The monoisotopic (exact) mass is 691 g/mol. The fourth-order valence-electron chi connectivity index (χ4n) is 6.44. The summed E-state index contributed by atoms with van der Waals surface area (Å²) < 4.78 is 11.2. The standard InChI is InChI=1S/C45H86O4/c1-3-5-7-9-11-13-15-17-19-20-21-22-23-24-25-27-29-31-33-35-37-39-41-48-43-44(42-46)49-45(47)40-38-36-34-32-30-28-26-18-16-14-12-10-8-6-4-2/h18,20-21,26,44,46H,3-17,19,22-25,27-43H2,1-2H3/b21-20-,26-18-. The Labute approximate surface area is 307 Å². The predicted octanol–water partition coefficient (Wildman–Crippen LogP) is 14.3. The minimum Gasteiger partial charge on any atom is -0.457 e. The average molecular weight is 691 g/mol. The third-order valence-electron chi connectivity index (χ3n) is 9.75. The third kappa shape index (κ3) is 41.2. The van der Waals surface area contributed by atoms with Gasteiger partial charge in [0, 0.05) is 13.0 Å². The van der Waals surface area contributed by atoms with Gasteiger partial charge in [-0.15, -0.1) is 0 Å². The van der Waals surface area contributed by atoms with Crippen molar-refractivity contribution in [2.75, 3.05) is 19.8 Å². The molecule has 290 valence electrons. The van der Waals surface area contributed by atoms with Gasteiger partial charge in [0.05, 0.1) is 13.2 Å². The van der Waals surface area contributed by atoms with Crippen molar-refractivity contribution in [1.29, 1.82) is 0 Å². The number of hydrogen-bond donors (Lipinski definition) is 1. The van der Waals surface area contributed by atoms with E-state index in [2.05, 4.69) is 38.2 Å². The van der Waals surface area contributed by atoms with Crippen molar-refractivity contribution in [2.45, 2.75) is 238 Å². The molecule has 0 aromatic rings. The van der Waals surface area contributed by atoms with Crippen molar-refractivity contribution in [1.82, 2.24) is 0 Å². The molecule has 1 atom stereocenters. The fraction of sp³-hybridized carbons (Fsp3) is 0.889. The van der Waals surface area contributed by atoms with Gasteiger partial charge in [0.2, 0.25) is 0 Å². The highest BCUT2D eigenvalue weighted by molar-refractivity contribution is 5.69. The summed E-state index contributed by atoms with van der Waals surface area (Å²) in [6, 6.07) is 0. The van der Waals surface area contributed by atoms with Crippen LogP contribution < -0.4 is 0 Å². The van der Waals surface area contributed by atoms with E-state index in [9.17, 15) is 9.90 Å². The molecule has 0 radical (unpaired) electrons. The second-order valence-electron chi connectivity index (χ2n) is 14.8. The van der Waals surface area contributed by atoms with Gasteiger partial charge >= 0.3 is 5.97 Å². The van der Waals surface area contributed by atoms with Crippen molar-refractivity contribution >= 4 is 5.97 Å². The van der Waals surface area contributed by atoms with Gasteiger partial charge < -0.3 is 14.6 Å². The van der Waals surface area contributed by atoms with E-state index in [4.69, 9.17) is 9.47 Å². The van der Waals surface area contributed by atoms with E-state index in [1.807, 2.05) is 0 Å². The number of aliphatic hydroxyl groups excluding tert-OH is 1. The van der Waals surface area contributed by atoms with Crippen LogP contribution in [-0.4, -0.2) is 37.0 Å². The molecule has 0 saturated heterocycles. The summed E-state index contributed by atoms with van der Waals surface area (Å²) in [6.45, 7) is 5.36. The molecule has 0 aromatic heterocycles. The summed E-state index contributed by atoms with van der Waals surface area (Å²) in [6.07, 6.45) is 52.4. The number of ether oxygens (including phenoxy) is 2. The Bertz CT molecular complexity index is 688. The highest BCUT2D eigenvalue weighted by Gasteiger charge is 2.13. The highest BCUT2D eigenvalue weighted by atomic mass is 16.6. The zero-order valence-corrected chi connectivity index (χ0v) is 33.2. The van der Waals surface area contributed by atoms with Gasteiger partial charge in [-0.3, -0.25) is 4.79 Å². The van der Waals surface area contributed by atoms with E-state index in [1.165, 1.54) is 193 Å². The molecule has 1 N–H and O–H groups in total. The quantitative estimate of drug-likeness (QED) is 0.0394. The van der Waals surface area contributed by atoms with Crippen molar-refractivity contribution in [3.8, 4) is 0 Å². The molecule has 0 spiro atoms. The largest absolute Gasteiger partial charge is 0.457 e. The second kappa shape index (κ2) is 43.0. The first-order valence-corrected chi connectivity index (χ1v) is 21.9. The molecule has 4 heteroatoms. The normalized spacial score (nSPS) is 12.5. The Balaban J connectivity index is 3.40. The summed E-state index contributed by atoms with van der Waals surface area (Å²) in [5.41, 5.74) is 0. The Hall–Kier alpha value is -1.13. The van der Waals surface area contributed by atoms with Gasteiger partial charge in [-0.1, -0.05) is 186 Å². The molecular formula is C45H86O4. The van der Waals surface area contributed by atoms with E-state index < -0.39 is 6.10 Å². The van der Waals surface area contributed by atoms with Crippen molar-refractivity contribution in [3.05, 3.63) is 24.3 Å². The van der Waals surface area contributed by atoms with Crippen LogP contribution in [0, 0.1) is 0 Å². The van der Waals surface area contributed by atoms with Gasteiger partial charge in [0.15, 0.2) is 0 Å². The highest BCUT2D eigenvalue weighted by Crippen LogP contribution is 2.14. The van der Waals surface area contributed by atoms with Crippen LogP contribution in [0.2, 0.25) is 0 Å². The summed E-state index contributed by atoms with van der Waals surface area (Å²) >= 11 is 0. The number of carbonyl (C=O) groups excluding carboxylic acids is 1. The minimum atomic E-state index is -0.536. The zero-order valence-electron chi connectivity index (χ0n) is 33.2. The number of esters is 1. The lowest BCUT2D eigenvalue weighted by Gasteiger charge is -2.15. The van der Waals surface area contributed by atoms with Gasteiger partial charge in [-0.2, -0.15) is 0 Å². The fourth-order valence-corrected chi connectivity index (χ4v) is 6.44. The minimum absolute atomic E-state index is 0.172. The maximum Gasteiger partial charge on any atom is 0.306 e. The lowest BCUT2D eigenvalue weighted by atomic mass is 10.1. The van der Waals surface area contributed by atoms with Crippen LogP contribution in [0.3, 0.4) is 0 Å². The van der Waals surface area contributed by atoms with Crippen LogP contribution in [-0.2, 0) is 14.3 Å². The van der Waals surface area contributed by atoms with Crippen molar-refractivity contribution in [2.24, 2.45) is 0 Å². The molecule has 0 aliphatic carbocycles. The molecule has 0 amide bonds. The van der Waals surface area contributed by atoms with E-state index in [0.717, 1.165) is 19.3 Å². The number of hydrogen-bond acceptors (Lipinski definition) is 4. The Morgan fingerprint density at radius 3 is 1.16 bits per heavy atom. The topological polar surface area (TPSA) is 55.8 Å². The first kappa shape index (κ1) is 47.9. The molecule has 4 nitrogen and oxygen atoms in total. The van der Waals surface area contributed by atoms with Gasteiger partial charge in [0.25, 0.3) is 0 Å². The lowest BCUT2D eigenvalue weighted by molar-refractivity contribution is -0.154. The van der Waals surface area contributed by atoms with Gasteiger partial charge in [-0.05, 0) is 64.2 Å². The van der Waals surface area contributed by atoms with Crippen LogP contribution in [0.4, 0.5) is 0 Å². The Kier molecular flexibility index (Phi) is 42.0. The number of aliphatic hydroxyl groups is 1. The maximum atomic E-state index is 12.2. The van der Waals surface area contributed by atoms with Crippen molar-refractivity contribution in [3.63, 3.8) is 0 Å². The Morgan fingerprint density at radius 2 is 0.796 bits per heavy atom. The first-order chi connectivity index (χ1) is 24.2. The van der Waals surface area contributed by atoms with E-state index in [1.54, 1.807) is 0 Å². The molecule has 1 unspecified atom stereocenters. The predicted molar refractivity (Wildman–Crippen MR) is 214 cm³/mol. The second-order valence-corrected chi connectivity index (χ2v) is 14.8. The third-order valence-corrected chi connectivity index (χ3v) is 9.75. The number of carbonyl (C=O) groups is 1. The van der Waals surface area contributed by atoms with Crippen molar-refractivity contribution < 1.29 is 19.4 Å². The number of allylic oxidation sites excluding steroid dienone is 4. The Morgan fingerprint density at radius 1 is 0.469 bits per heavy atom. The molecule has 0 heterocycles. The van der Waals surface area contributed by atoms with E-state index in [0.29, 0.717) is 19.6 Å². The maximum absolute atomic E-state index is 12.2. The van der Waals surface area contributed by atoms with E-state index >= 15 is 0 Å². The average Bonchev–Trinajstić information content (AvgIpc) is 3.11. The van der Waals surface area contributed by atoms with E-state index in [-0.39, 0.29) is 12.6 Å². The van der Waals surface area contributed by atoms with Crippen LogP contribution in [0.15, 0.2) is 24.3 Å². The molecule has 49 heavy (non-hydrogen) atoms. The van der Waals surface area contributed by atoms with Gasteiger partial charge in [0.1, 0.15) is 6.10 Å².